The molecule has 4 N–H and O–H groups in total. The van der Waals surface area contributed by atoms with Gasteiger partial charge in [-0.25, -0.2) is 9.78 Å². The molecule has 1 saturated carbocycles. The number of rotatable bonds is 15. The lowest BCUT2D eigenvalue weighted by Gasteiger charge is -2.43. The number of amides is 1. The minimum absolute atomic E-state index is 0.0711. The highest BCUT2D eigenvalue weighted by atomic mass is 16.5. The van der Waals surface area contributed by atoms with E-state index in [0.717, 1.165) is 82.6 Å². The Balaban J connectivity index is 0.697. The zero-order valence-corrected chi connectivity index (χ0v) is 35.4. The Kier molecular flexibility index (Phi) is 12.1. The van der Waals surface area contributed by atoms with Gasteiger partial charge in [0, 0.05) is 93.8 Å². The first kappa shape index (κ1) is 41.7. The van der Waals surface area contributed by atoms with Gasteiger partial charge in [-0.3, -0.25) is 9.69 Å². The number of nitrogens with two attached hydrogens (primary N) is 1. The lowest BCUT2D eigenvalue weighted by Crippen LogP contribution is -2.54. The third-order valence-corrected chi connectivity index (χ3v) is 13.3. The number of aliphatic carboxylic acids is 1. The van der Waals surface area contributed by atoms with Crippen molar-refractivity contribution in [2.24, 2.45) is 5.92 Å². The smallest absolute Gasteiger partial charge is 0.326 e. The van der Waals surface area contributed by atoms with Crippen LogP contribution in [0.2, 0.25) is 0 Å². The summed E-state index contributed by atoms with van der Waals surface area (Å²) >= 11 is 0. The summed E-state index contributed by atoms with van der Waals surface area (Å²) in [6.45, 7) is 8.85. The number of para-hydroxylation sites is 1. The van der Waals surface area contributed by atoms with Crippen LogP contribution in [-0.2, 0) is 14.3 Å². The maximum atomic E-state index is 13.4. The van der Waals surface area contributed by atoms with Crippen LogP contribution in [0.5, 0.6) is 17.5 Å². The molecule has 2 unspecified atom stereocenters. The number of aromatic hydroxyl groups is 1. The molecule has 0 radical (unpaired) electrons. The van der Waals surface area contributed by atoms with Crippen LogP contribution in [0.4, 0.5) is 17.2 Å². The molecule has 5 fully saturated rings. The van der Waals surface area contributed by atoms with Crippen molar-refractivity contribution in [2.75, 3.05) is 61.4 Å². The highest BCUT2D eigenvalue weighted by Gasteiger charge is 2.42. The molecule has 62 heavy (non-hydrogen) atoms. The van der Waals surface area contributed by atoms with Crippen molar-refractivity contribution in [3.63, 3.8) is 0 Å². The first-order valence-corrected chi connectivity index (χ1v) is 22.2. The number of ether oxygens (including phenoxy) is 3. The van der Waals surface area contributed by atoms with Crippen LogP contribution in [-0.4, -0.2) is 135 Å². The van der Waals surface area contributed by atoms with Crippen molar-refractivity contribution < 1.29 is 38.5 Å². The van der Waals surface area contributed by atoms with Gasteiger partial charge >= 0.3 is 5.97 Å². The Hall–Kier alpha value is -5.68. The van der Waals surface area contributed by atoms with Crippen molar-refractivity contribution in [1.29, 1.82) is 0 Å². The zero-order chi connectivity index (χ0) is 42.9. The van der Waals surface area contributed by atoms with Crippen molar-refractivity contribution in [2.45, 2.75) is 108 Å². The number of piperazine rings is 1. The van der Waals surface area contributed by atoms with E-state index in [1.165, 1.54) is 4.90 Å². The van der Waals surface area contributed by atoms with E-state index in [0.29, 0.717) is 72.7 Å². The number of likely N-dealkylation sites (tertiary alicyclic amines) is 2. The molecule has 9 rings (SSSR count). The Labute approximate surface area is 361 Å². The quantitative estimate of drug-likeness (QED) is 0.145. The summed E-state index contributed by atoms with van der Waals surface area (Å²) in [5.41, 5.74) is 9.55. The van der Waals surface area contributed by atoms with Crippen LogP contribution < -0.4 is 25.0 Å². The minimum atomic E-state index is -0.974. The number of phenols is 1. The second-order valence-corrected chi connectivity index (χ2v) is 17.7. The number of pyridine rings is 1. The fraction of sp³-hybridized carbons (Fsp3) is 0.556. The van der Waals surface area contributed by atoms with Gasteiger partial charge in [0.05, 0.1) is 23.6 Å². The zero-order valence-electron chi connectivity index (χ0n) is 35.4. The van der Waals surface area contributed by atoms with Crippen LogP contribution in [0.1, 0.15) is 76.9 Å². The number of carboxylic acid groups (broad SMARTS) is 1. The first-order chi connectivity index (χ1) is 30.1. The number of fused-ring (bicyclic) bond motifs is 2. The summed E-state index contributed by atoms with van der Waals surface area (Å²) in [5, 5.41) is 32.6. The Morgan fingerprint density at radius 2 is 1.69 bits per heavy atom. The lowest BCUT2D eigenvalue weighted by molar-refractivity contribution is -0.149. The monoisotopic (exact) mass is 851 g/mol. The average Bonchev–Trinajstić information content (AvgIpc) is 3.99. The number of carbonyl (C=O) groups is 2. The van der Waals surface area contributed by atoms with Gasteiger partial charge in [0.2, 0.25) is 11.8 Å². The minimum Gasteiger partial charge on any atom is -0.507 e. The van der Waals surface area contributed by atoms with E-state index < -0.39 is 17.9 Å². The van der Waals surface area contributed by atoms with Gasteiger partial charge in [-0.1, -0.05) is 26.0 Å². The summed E-state index contributed by atoms with van der Waals surface area (Å²) in [5.74, 6) is -0.0278. The number of benzene rings is 1. The van der Waals surface area contributed by atoms with E-state index >= 15 is 0 Å². The number of phenolic OH excluding ortho intramolecular Hbond substituents is 1. The van der Waals surface area contributed by atoms with E-state index in [1.807, 2.05) is 38.2 Å². The topological polar surface area (TPSA) is 206 Å². The third-order valence-electron chi connectivity index (χ3n) is 13.3. The van der Waals surface area contributed by atoms with E-state index in [4.69, 9.17) is 24.5 Å². The number of anilines is 3. The summed E-state index contributed by atoms with van der Waals surface area (Å²) in [6, 6.07) is 14.7. The van der Waals surface area contributed by atoms with Gasteiger partial charge in [0.1, 0.15) is 30.4 Å². The molecule has 2 bridgehead atoms. The molecule has 3 aromatic heterocycles. The maximum Gasteiger partial charge on any atom is 0.326 e. The van der Waals surface area contributed by atoms with Gasteiger partial charge < -0.3 is 49.4 Å². The Bertz CT molecular complexity index is 2190. The number of hydrogen-bond donors (Lipinski definition) is 3. The SMILES string of the molecule is CC(C)[C@@H](C(=O)N1CCC[C@H]1C(=O)O)c1cc(OCCN2CCC(OC3CC(Oc4cc(N5C6CCC5CN(c5cc(-c7ccccc7O)nnc5N)C6)ccn4)C3)CC2)no1. The second kappa shape index (κ2) is 18.0. The molecule has 17 nitrogen and oxygen atoms in total. The maximum absolute atomic E-state index is 13.4. The predicted molar refractivity (Wildman–Crippen MR) is 229 cm³/mol. The van der Waals surface area contributed by atoms with Gasteiger partial charge in [-0.2, -0.15) is 0 Å². The normalized spacial score (nSPS) is 24.6. The lowest BCUT2D eigenvalue weighted by atomic mass is 9.91. The van der Waals surface area contributed by atoms with Gasteiger partial charge in [-0.15, -0.1) is 10.2 Å². The van der Waals surface area contributed by atoms with Crippen LogP contribution in [0.15, 0.2) is 59.3 Å². The summed E-state index contributed by atoms with van der Waals surface area (Å²) in [7, 11) is 0. The van der Waals surface area contributed by atoms with Gasteiger partial charge in [-0.05, 0) is 73.9 Å². The molecule has 7 heterocycles. The molecule has 4 atom stereocenters. The molecule has 1 amide bonds. The number of nitrogens with zero attached hydrogens (tertiary/aromatic N) is 8. The van der Waals surface area contributed by atoms with E-state index in [-0.39, 0.29) is 35.9 Å². The molecule has 4 saturated heterocycles. The Morgan fingerprint density at radius 1 is 0.919 bits per heavy atom. The third kappa shape index (κ3) is 8.82. The fourth-order valence-corrected chi connectivity index (χ4v) is 10.0. The van der Waals surface area contributed by atoms with Crippen molar-refractivity contribution in [1.82, 2.24) is 30.1 Å². The highest BCUT2D eigenvalue weighted by Crippen LogP contribution is 2.40. The van der Waals surface area contributed by atoms with Crippen LogP contribution in [0.25, 0.3) is 11.3 Å². The molecule has 1 aliphatic carbocycles. The molecule has 4 aromatic rings. The molecule has 4 aliphatic heterocycles. The molecule has 5 aliphatic rings. The van der Waals surface area contributed by atoms with Crippen LogP contribution >= 0.6 is 0 Å². The van der Waals surface area contributed by atoms with E-state index in [9.17, 15) is 19.8 Å². The molecular formula is C45H57N9O8. The largest absolute Gasteiger partial charge is 0.507 e. The predicted octanol–water partition coefficient (Wildman–Crippen LogP) is 4.96. The highest BCUT2D eigenvalue weighted by molar-refractivity contribution is 5.88. The summed E-state index contributed by atoms with van der Waals surface area (Å²) in [6.07, 6.45) is 9.16. The van der Waals surface area contributed by atoms with Gasteiger partial charge in [0.15, 0.2) is 11.6 Å². The first-order valence-electron chi connectivity index (χ1n) is 22.2. The van der Waals surface area contributed by atoms with Crippen molar-refractivity contribution >= 4 is 29.1 Å². The van der Waals surface area contributed by atoms with Gasteiger partial charge in [0.25, 0.3) is 5.88 Å². The summed E-state index contributed by atoms with van der Waals surface area (Å²) < 4.78 is 24.4. The number of carboxylic acids is 1. The molecule has 17 heteroatoms. The number of nitrogen functional groups attached to an aromatic ring is 1. The standard InChI is InChI=1S/C45H57N9O8/c1-27(2)42(44(56)53-15-5-7-36(53)45(57)58)39-24-41(50-62-39)59-19-18-51-16-12-31(13-17-51)60-32-21-33(22-32)61-40-20-28(11-14-47-40)54-29-9-10-30(54)26-52(25-29)37-23-35(48-49-43(37)46)34-6-3-4-8-38(34)55/h3-4,6,8,11,14,20,23-24,27,29-33,36,42,55H,5,7,9-10,12-13,15-19,21-22,25-26H2,1-2H3,(H2,46,49)(H,57,58)/t29?,30?,32?,33?,36-,42+/m0/s1. The second-order valence-electron chi connectivity index (χ2n) is 17.7. The summed E-state index contributed by atoms with van der Waals surface area (Å²) in [4.78, 5) is 38.3. The number of carbonyl (C=O) groups excluding carboxylic acids is 1. The Morgan fingerprint density at radius 3 is 2.44 bits per heavy atom. The molecule has 0 spiro atoms. The van der Waals surface area contributed by atoms with E-state index in [2.05, 4.69) is 47.2 Å². The molecular weight excluding hydrogens is 795 g/mol. The van der Waals surface area contributed by atoms with E-state index in [1.54, 1.807) is 18.2 Å². The number of piperidine rings is 1. The molecule has 330 valence electrons. The number of hydrogen-bond acceptors (Lipinski definition) is 15. The van der Waals surface area contributed by atoms with Crippen LogP contribution in [0.3, 0.4) is 0 Å². The van der Waals surface area contributed by atoms with Crippen molar-refractivity contribution in [3.05, 3.63) is 60.5 Å². The van der Waals surface area contributed by atoms with Crippen LogP contribution in [0, 0.1) is 5.92 Å². The van der Waals surface area contributed by atoms with Crippen molar-refractivity contribution in [3.8, 4) is 28.8 Å². The average molecular weight is 852 g/mol. The fourth-order valence-electron chi connectivity index (χ4n) is 10.0. The number of aromatic nitrogens is 4. The molecule has 1 aromatic carbocycles.